The zero-order valence-electron chi connectivity index (χ0n) is 10.5. The summed E-state index contributed by atoms with van der Waals surface area (Å²) in [5.74, 6) is -0.597. The van der Waals surface area contributed by atoms with Crippen molar-refractivity contribution < 1.29 is 18.0 Å². The minimum atomic E-state index is -4.50. The maximum Gasteiger partial charge on any atom is 0.416 e. The van der Waals surface area contributed by atoms with Crippen molar-refractivity contribution in [1.82, 2.24) is 5.32 Å². The van der Waals surface area contributed by atoms with Gasteiger partial charge < -0.3 is 11.1 Å². The summed E-state index contributed by atoms with van der Waals surface area (Å²) in [5.41, 5.74) is 4.67. The Hall–Kier alpha value is -1.27. The molecule has 0 spiro atoms. The van der Waals surface area contributed by atoms with Crippen LogP contribution in [0.5, 0.6) is 0 Å². The van der Waals surface area contributed by atoms with E-state index in [0.29, 0.717) is 6.42 Å². The van der Waals surface area contributed by atoms with Gasteiger partial charge in [0.05, 0.1) is 16.1 Å². The molecule has 0 saturated heterocycles. The number of halogens is 4. The van der Waals surface area contributed by atoms with E-state index in [2.05, 4.69) is 5.32 Å². The van der Waals surface area contributed by atoms with E-state index in [4.69, 9.17) is 17.3 Å². The second-order valence-corrected chi connectivity index (χ2v) is 5.34. The van der Waals surface area contributed by atoms with Gasteiger partial charge in [-0.25, -0.2) is 0 Å². The molecule has 1 aliphatic rings. The lowest BCUT2D eigenvalue weighted by atomic mass is 10.1. The first-order valence-corrected chi connectivity index (χ1v) is 6.58. The van der Waals surface area contributed by atoms with Crippen molar-refractivity contribution in [2.75, 3.05) is 0 Å². The summed E-state index contributed by atoms with van der Waals surface area (Å²) in [6, 6.07) is 2.62. The summed E-state index contributed by atoms with van der Waals surface area (Å²) in [6.45, 7) is 0. The number of carbonyl (C=O) groups is 1. The van der Waals surface area contributed by atoms with Crippen LogP contribution < -0.4 is 11.1 Å². The molecule has 1 aromatic carbocycles. The number of carbonyl (C=O) groups excluding carboxylic acids is 1. The van der Waals surface area contributed by atoms with Crippen LogP contribution in [0.4, 0.5) is 13.2 Å². The second-order valence-electron chi connectivity index (χ2n) is 4.94. The predicted octanol–water partition coefficient (Wildman–Crippen LogP) is 2.97. The highest BCUT2D eigenvalue weighted by Crippen LogP contribution is 2.32. The predicted molar refractivity (Wildman–Crippen MR) is 69.5 cm³/mol. The molecule has 1 amide bonds. The standard InChI is InChI=1S/C13H14ClF3N2O/c14-11-4-1-7(13(15,16)17)5-10(11)12(20)19-9-3-2-8(18)6-9/h1,4-5,8-9H,2-3,6,18H2,(H,19,20)/t8-,9-/m0/s1. The van der Waals surface area contributed by atoms with Gasteiger partial charge in [-0.05, 0) is 37.5 Å². The Bertz CT molecular complexity index is 519. The Morgan fingerprint density at radius 2 is 2.05 bits per heavy atom. The van der Waals surface area contributed by atoms with Crippen LogP contribution in [0.25, 0.3) is 0 Å². The van der Waals surface area contributed by atoms with Crippen LogP contribution in [0, 0.1) is 0 Å². The molecule has 0 heterocycles. The number of rotatable bonds is 2. The highest BCUT2D eigenvalue weighted by molar-refractivity contribution is 6.33. The summed E-state index contributed by atoms with van der Waals surface area (Å²) >= 11 is 5.80. The van der Waals surface area contributed by atoms with Gasteiger partial charge >= 0.3 is 6.18 Å². The molecule has 2 rings (SSSR count). The highest BCUT2D eigenvalue weighted by Gasteiger charge is 2.32. The molecule has 0 radical (unpaired) electrons. The zero-order valence-corrected chi connectivity index (χ0v) is 11.3. The first-order valence-electron chi connectivity index (χ1n) is 6.20. The molecule has 1 aliphatic carbocycles. The average molecular weight is 307 g/mol. The molecule has 0 unspecified atom stereocenters. The van der Waals surface area contributed by atoms with E-state index in [0.717, 1.165) is 31.0 Å². The van der Waals surface area contributed by atoms with Crippen molar-refractivity contribution in [3.05, 3.63) is 34.3 Å². The van der Waals surface area contributed by atoms with Gasteiger partial charge in [0.15, 0.2) is 0 Å². The van der Waals surface area contributed by atoms with Crippen molar-refractivity contribution in [2.45, 2.75) is 37.5 Å². The Balaban J connectivity index is 2.17. The molecule has 3 N–H and O–H groups in total. The zero-order chi connectivity index (χ0) is 14.9. The Kier molecular flexibility index (Phi) is 4.25. The van der Waals surface area contributed by atoms with Crippen molar-refractivity contribution >= 4 is 17.5 Å². The third-order valence-electron chi connectivity index (χ3n) is 3.35. The van der Waals surface area contributed by atoms with E-state index >= 15 is 0 Å². The van der Waals surface area contributed by atoms with Crippen molar-refractivity contribution in [3.8, 4) is 0 Å². The van der Waals surface area contributed by atoms with Crippen molar-refractivity contribution in [2.24, 2.45) is 5.73 Å². The average Bonchev–Trinajstić information content (AvgIpc) is 2.73. The van der Waals surface area contributed by atoms with Gasteiger partial charge in [0.25, 0.3) is 5.91 Å². The fourth-order valence-electron chi connectivity index (χ4n) is 2.29. The molecule has 1 saturated carbocycles. The molecular formula is C13H14ClF3N2O. The van der Waals surface area contributed by atoms with E-state index in [1.165, 1.54) is 0 Å². The second kappa shape index (κ2) is 5.61. The fourth-order valence-corrected chi connectivity index (χ4v) is 2.49. The van der Waals surface area contributed by atoms with Crippen molar-refractivity contribution in [3.63, 3.8) is 0 Å². The van der Waals surface area contributed by atoms with Crippen LogP contribution in [-0.2, 0) is 6.18 Å². The normalized spacial score (nSPS) is 22.9. The monoisotopic (exact) mass is 306 g/mol. The van der Waals surface area contributed by atoms with Crippen LogP contribution in [0.3, 0.4) is 0 Å². The van der Waals surface area contributed by atoms with E-state index in [1.807, 2.05) is 0 Å². The molecule has 1 fully saturated rings. The van der Waals surface area contributed by atoms with Crippen molar-refractivity contribution in [1.29, 1.82) is 0 Å². The van der Waals surface area contributed by atoms with Crippen LogP contribution in [0.15, 0.2) is 18.2 Å². The molecule has 0 aromatic heterocycles. The summed E-state index contributed by atoms with van der Waals surface area (Å²) in [5, 5.41) is 2.67. The molecule has 2 atom stereocenters. The van der Waals surface area contributed by atoms with E-state index < -0.39 is 17.6 Å². The lowest BCUT2D eigenvalue weighted by molar-refractivity contribution is -0.137. The lowest BCUT2D eigenvalue weighted by Gasteiger charge is -2.14. The Labute approximate surface area is 119 Å². The van der Waals surface area contributed by atoms with Crippen LogP contribution in [-0.4, -0.2) is 18.0 Å². The summed E-state index contributed by atoms with van der Waals surface area (Å²) in [7, 11) is 0. The number of amides is 1. The third kappa shape index (κ3) is 3.43. The molecule has 0 aliphatic heterocycles. The first kappa shape index (κ1) is 15.1. The number of hydrogen-bond donors (Lipinski definition) is 2. The van der Waals surface area contributed by atoms with Crippen LogP contribution in [0.1, 0.15) is 35.2 Å². The quantitative estimate of drug-likeness (QED) is 0.882. The van der Waals surface area contributed by atoms with E-state index in [1.54, 1.807) is 0 Å². The fraction of sp³-hybridized carbons (Fsp3) is 0.462. The summed E-state index contributed by atoms with van der Waals surface area (Å²) in [4.78, 5) is 12.0. The highest BCUT2D eigenvalue weighted by atomic mass is 35.5. The number of nitrogens with two attached hydrogens (primary N) is 1. The SMILES string of the molecule is N[C@H]1CC[C@H](NC(=O)c2cc(C(F)(F)F)ccc2Cl)C1. The Morgan fingerprint density at radius 3 is 2.60 bits per heavy atom. The van der Waals surface area contributed by atoms with Gasteiger partial charge in [-0.1, -0.05) is 11.6 Å². The molecule has 7 heteroatoms. The minimum Gasteiger partial charge on any atom is -0.349 e. The smallest absolute Gasteiger partial charge is 0.349 e. The third-order valence-corrected chi connectivity index (χ3v) is 3.68. The van der Waals surface area contributed by atoms with Gasteiger partial charge in [0.2, 0.25) is 0 Å². The lowest BCUT2D eigenvalue weighted by Crippen LogP contribution is -2.34. The van der Waals surface area contributed by atoms with E-state index in [-0.39, 0.29) is 22.7 Å². The molecule has 3 nitrogen and oxygen atoms in total. The van der Waals surface area contributed by atoms with E-state index in [9.17, 15) is 18.0 Å². The minimum absolute atomic E-state index is 0.00204. The van der Waals surface area contributed by atoms with Crippen LogP contribution in [0.2, 0.25) is 5.02 Å². The molecule has 110 valence electrons. The van der Waals surface area contributed by atoms with Gasteiger partial charge in [0, 0.05) is 12.1 Å². The summed E-state index contributed by atoms with van der Waals surface area (Å²) < 4.78 is 37.9. The number of hydrogen-bond acceptors (Lipinski definition) is 2. The maximum absolute atomic E-state index is 12.6. The maximum atomic E-state index is 12.6. The van der Waals surface area contributed by atoms with Gasteiger partial charge in [-0.3, -0.25) is 4.79 Å². The van der Waals surface area contributed by atoms with Crippen LogP contribution >= 0.6 is 11.6 Å². The molecule has 1 aromatic rings. The molecular weight excluding hydrogens is 293 g/mol. The van der Waals surface area contributed by atoms with Gasteiger partial charge in [-0.15, -0.1) is 0 Å². The molecule has 0 bridgehead atoms. The topological polar surface area (TPSA) is 55.1 Å². The number of alkyl halides is 3. The number of benzene rings is 1. The number of nitrogens with one attached hydrogen (secondary N) is 1. The molecule has 20 heavy (non-hydrogen) atoms. The Morgan fingerprint density at radius 1 is 1.35 bits per heavy atom. The van der Waals surface area contributed by atoms with Gasteiger partial charge in [0.1, 0.15) is 0 Å². The summed E-state index contributed by atoms with van der Waals surface area (Å²) in [6.07, 6.45) is -2.36. The largest absolute Gasteiger partial charge is 0.416 e. The first-order chi connectivity index (χ1) is 9.27. The van der Waals surface area contributed by atoms with Gasteiger partial charge in [-0.2, -0.15) is 13.2 Å².